The van der Waals surface area contributed by atoms with E-state index in [0.29, 0.717) is 49.7 Å². The molecule has 116 valence electrons. The van der Waals surface area contributed by atoms with Gasteiger partial charge in [0.1, 0.15) is 11.3 Å². The number of nitrogens with two attached hydrogens (primary N) is 1. The van der Waals surface area contributed by atoms with E-state index in [2.05, 4.69) is 9.97 Å². The number of rotatable bonds is 7. The van der Waals surface area contributed by atoms with Crippen LogP contribution in [0.25, 0.3) is 11.2 Å². The van der Waals surface area contributed by atoms with Gasteiger partial charge in [0.15, 0.2) is 5.65 Å². The second-order valence-electron chi connectivity index (χ2n) is 4.75. The van der Waals surface area contributed by atoms with E-state index in [1.807, 2.05) is 0 Å². The van der Waals surface area contributed by atoms with Gasteiger partial charge in [-0.1, -0.05) is 0 Å². The van der Waals surface area contributed by atoms with Gasteiger partial charge in [0.25, 0.3) is 5.56 Å². The minimum atomic E-state index is -0.357. The first-order chi connectivity index (χ1) is 10.1. The maximum absolute atomic E-state index is 12.4. The molecule has 0 fully saturated rings. The largest absolute Gasteiger partial charge is 0.383 e. The van der Waals surface area contributed by atoms with Gasteiger partial charge in [-0.05, 0) is 19.9 Å². The number of ether oxygens (including phenoxy) is 1. The normalized spacial score (nSPS) is 11.4. The molecule has 8 nitrogen and oxygen atoms in total. The molecule has 3 N–H and O–H groups in total. The van der Waals surface area contributed by atoms with Crippen molar-refractivity contribution in [1.82, 2.24) is 19.1 Å². The molecule has 0 aliphatic carbocycles. The highest BCUT2D eigenvalue weighted by molar-refractivity contribution is 5.69. The number of H-pyrrole nitrogens is 1. The van der Waals surface area contributed by atoms with Crippen LogP contribution in [0.1, 0.15) is 19.2 Å². The molecule has 8 heteroatoms. The van der Waals surface area contributed by atoms with Gasteiger partial charge in [-0.2, -0.15) is 0 Å². The molecule has 0 aliphatic heterocycles. The van der Waals surface area contributed by atoms with E-state index in [9.17, 15) is 9.59 Å². The molecule has 0 unspecified atom stereocenters. The van der Waals surface area contributed by atoms with Gasteiger partial charge in [0, 0.05) is 20.1 Å². The van der Waals surface area contributed by atoms with Gasteiger partial charge in [-0.3, -0.25) is 13.9 Å². The lowest BCUT2D eigenvalue weighted by Gasteiger charge is -2.09. The fraction of sp³-hybridized carbons (Fsp3) is 0.615. The number of aryl methyl sites for hydroxylation is 1. The van der Waals surface area contributed by atoms with E-state index in [1.165, 1.54) is 9.13 Å². The molecule has 0 aliphatic rings. The van der Waals surface area contributed by atoms with Crippen molar-refractivity contribution in [2.75, 3.05) is 20.3 Å². The molecule has 0 bridgehead atoms. The lowest BCUT2D eigenvalue weighted by molar-refractivity contribution is 0.186. The summed E-state index contributed by atoms with van der Waals surface area (Å²) in [7, 11) is 1.56. The van der Waals surface area contributed by atoms with Crippen LogP contribution in [0, 0.1) is 0 Å². The summed E-state index contributed by atoms with van der Waals surface area (Å²) in [6.45, 7) is 3.36. The quantitative estimate of drug-likeness (QED) is 0.712. The van der Waals surface area contributed by atoms with Crippen molar-refractivity contribution in [1.29, 1.82) is 0 Å². The molecule has 2 heterocycles. The van der Waals surface area contributed by atoms with Crippen LogP contribution < -0.4 is 17.0 Å². The van der Waals surface area contributed by atoms with Crippen molar-refractivity contribution in [2.45, 2.75) is 32.9 Å². The third kappa shape index (κ3) is 2.91. The van der Waals surface area contributed by atoms with Gasteiger partial charge in [0.05, 0.1) is 13.2 Å². The summed E-state index contributed by atoms with van der Waals surface area (Å²) in [6, 6.07) is 0. The highest BCUT2D eigenvalue weighted by Crippen LogP contribution is 2.07. The molecule has 21 heavy (non-hydrogen) atoms. The predicted octanol–water partition coefficient (Wildman–Crippen LogP) is -0.556. The highest BCUT2D eigenvalue weighted by atomic mass is 16.5. The first-order valence-corrected chi connectivity index (χ1v) is 7.05. The van der Waals surface area contributed by atoms with Crippen LogP contribution in [0.2, 0.25) is 0 Å². The molecule has 0 amide bonds. The molecular weight excluding hydrogens is 274 g/mol. The summed E-state index contributed by atoms with van der Waals surface area (Å²) in [4.78, 5) is 32.1. The van der Waals surface area contributed by atoms with Crippen molar-refractivity contribution < 1.29 is 4.74 Å². The van der Waals surface area contributed by atoms with Crippen LogP contribution in [-0.4, -0.2) is 39.4 Å². The Hall–Kier alpha value is -1.93. The summed E-state index contributed by atoms with van der Waals surface area (Å²) in [5.74, 6) is 0.673. The van der Waals surface area contributed by atoms with Crippen molar-refractivity contribution in [3.05, 3.63) is 26.7 Å². The van der Waals surface area contributed by atoms with Crippen molar-refractivity contribution in [2.24, 2.45) is 5.73 Å². The molecule has 2 rings (SSSR count). The Balaban J connectivity index is 2.64. The van der Waals surface area contributed by atoms with Crippen LogP contribution in [0.5, 0.6) is 0 Å². The summed E-state index contributed by atoms with van der Waals surface area (Å²) < 4.78 is 7.70. The first-order valence-electron chi connectivity index (χ1n) is 7.05. The van der Waals surface area contributed by atoms with Crippen molar-refractivity contribution >= 4 is 11.2 Å². The number of nitrogens with zero attached hydrogens (tertiary/aromatic N) is 3. The average Bonchev–Trinajstić information content (AvgIpc) is 2.90. The van der Waals surface area contributed by atoms with Crippen LogP contribution in [-0.2, 0) is 24.2 Å². The molecule has 0 aromatic carbocycles. The van der Waals surface area contributed by atoms with E-state index in [-0.39, 0.29) is 11.2 Å². The number of aromatic nitrogens is 4. The minimum Gasteiger partial charge on any atom is -0.383 e. The SMILES string of the molecule is CCn1c(=O)c2[nH]c(CCCN)nc2n(CCOC)c1=O. The fourth-order valence-corrected chi connectivity index (χ4v) is 2.27. The summed E-state index contributed by atoms with van der Waals surface area (Å²) in [5.41, 5.74) is 5.54. The molecule has 0 saturated heterocycles. The highest BCUT2D eigenvalue weighted by Gasteiger charge is 2.16. The Morgan fingerprint density at radius 2 is 2.10 bits per heavy atom. The Bertz CT molecular complexity index is 728. The zero-order valence-electron chi connectivity index (χ0n) is 12.4. The number of methoxy groups -OCH3 is 1. The van der Waals surface area contributed by atoms with E-state index >= 15 is 0 Å². The zero-order chi connectivity index (χ0) is 15.4. The topological polar surface area (TPSA) is 108 Å². The van der Waals surface area contributed by atoms with Gasteiger partial charge < -0.3 is 15.5 Å². The smallest absolute Gasteiger partial charge is 0.332 e. The third-order valence-electron chi connectivity index (χ3n) is 3.36. The Labute approximate surface area is 121 Å². The second kappa shape index (κ2) is 6.68. The van der Waals surface area contributed by atoms with E-state index in [4.69, 9.17) is 10.5 Å². The average molecular weight is 295 g/mol. The number of fused-ring (bicyclic) bond motifs is 1. The standard InChI is InChI=1S/C13H21N5O3/c1-3-17-12(19)10-11(16-9(15-10)5-4-6-14)18(13(17)20)7-8-21-2/h3-8,14H2,1-2H3,(H,15,16). The number of hydrogen-bond donors (Lipinski definition) is 2. The summed E-state index contributed by atoms with van der Waals surface area (Å²) in [6.07, 6.45) is 1.42. The van der Waals surface area contributed by atoms with Gasteiger partial charge in [0.2, 0.25) is 0 Å². The number of imidazole rings is 1. The first kappa shape index (κ1) is 15.5. The molecule has 2 aromatic rings. The Morgan fingerprint density at radius 1 is 1.33 bits per heavy atom. The van der Waals surface area contributed by atoms with E-state index in [1.54, 1.807) is 14.0 Å². The molecule has 2 aromatic heterocycles. The summed E-state index contributed by atoms with van der Waals surface area (Å²) >= 11 is 0. The monoisotopic (exact) mass is 295 g/mol. The molecule has 0 spiro atoms. The Kier molecular flexibility index (Phi) is 4.92. The van der Waals surface area contributed by atoms with E-state index < -0.39 is 0 Å². The molecular formula is C13H21N5O3. The molecule has 0 saturated carbocycles. The second-order valence-corrected chi connectivity index (χ2v) is 4.75. The zero-order valence-corrected chi connectivity index (χ0v) is 12.4. The van der Waals surface area contributed by atoms with Gasteiger partial charge >= 0.3 is 5.69 Å². The molecule has 0 radical (unpaired) electrons. The summed E-state index contributed by atoms with van der Waals surface area (Å²) in [5, 5.41) is 0. The van der Waals surface area contributed by atoms with Crippen molar-refractivity contribution in [3.63, 3.8) is 0 Å². The van der Waals surface area contributed by atoms with Gasteiger partial charge in [-0.25, -0.2) is 9.78 Å². The number of hydrogen-bond acceptors (Lipinski definition) is 5. The maximum atomic E-state index is 12.4. The number of nitrogens with one attached hydrogen (secondary N) is 1. The predicted molar refractivity (Wildman–Crippen MR) is 79.5 cm³/mol. The fourth-order valence-electron chi connectivity index (χ4n) is 2.27. The number of aromatic amines is 1. The van der Waals surface area contributed by atoms with Crippen LogP contribution >= 0.6 is 0 Å². The molecule has 0 atom stereocenters. The maximum Gasteiger partial charge on any atom is 0.332 e. The third-order valence-corrected chi connectivity index (χ3v) is 3.36. The minimum absolute atomic E-state index is 0.317. The lowest BCUT2D eigenvalue weighted by atomic mass is 10.3. The van der Waals surface area contributed by atoms with E-state index in [0.717, 1.165) is 6.42 Å². The van der Waals surface area contributed by atoms with Crippen molar-refractivity contribution in [3.8, 4) is 0 Å². The van der Waals surface area contributed by atoms with Crippen LogP contribution in [0.3, 0.4) is 0 Å². The van der Waals surface area contributed by atoms with Crippen LogP contribution in [0.15, 0.2) is 9.59 Å². The van der Waals surface area contributed by atoms with Crippen LogP contribution in [0.4, 0.5) is 0 Å². The Morgan fingerprint density at radius 3 is 2.71 bits per heavy atom. The lowest BCUT2D eigenvalue weighted by Crippen LogP contribution is -2.40. The van der Waals surface area contributed by atoms with Gasteiger partial charge in [-0.15, -0.1) is 0 Å².